The predicted octanol–water partition coefficient (Wildman–Crippen LogP) is 3.37. The number of nitrogens with zero attached hydrogens (tertiary/aromatic N) is 3. The van der Waals surface area contributed by atoms with Crippen LogP contribution in [0.5, 0.6) is 5.75 Å². The summed E-state index contributed by atoms with van der Waals surface area (Å²) in [5, 5.41) is 3.31. The summed E-state index contributed by atoms with van der Waals surface area (Å²) in [6.45, 7) is 5.61. The highest BCUT2D eigenvalue weighted by atomic mass is 16.5. The summed E-state index contributed by atoms with van der Waals surface area (Å²) in [5.74, 6) is 1.62. The SMILES string of the molecule is CCC(C)Nc1ccc(C(=O)N2CCC(Oc3cccnc3)CC2)cn1. The fraction of sp³-hybridized carbons (Fsp3) is 0.450. The molecule has 0 radical (unpaired) electrons. The van der Waals surface area contributed by atoms with Crippen molar-refractivity contribution in [1.29, 1.82) is 0 Å². The van der Waals surface area contributed by atoms with Crippen LogP contribution in [0.15, 0.2) is 42.9 Å². The van der Waals surface area contributed by atoms with Crippen LogP contribution in [0.1, 0.15) is 43.5 Å². The molecule has 1 N–H and O–H groups in total. The van der Waals surface area contributed by atoms with Gasteiger partial charge in [-0.05, 0) is 37.6 Å². The van der Waals surface area contributed by atoms with Crippen molar-refractivity contribution >= 4 is 11.7 Å². The Kier molecular flexibility index (Phi) is 6.04. The Morgan fingerprint density at radius 1 is 1.31 bits per heavy atom. The first-order valence-corrected chi connectivity index (χ1v) is 9.24. The van der Waals surface area contributed by atoms with Crippen molar-refractivity contribution < 1.29 is 9.53 Å². The van der Waals surface area contributed by atoms with Crippen LogP contribution < -0.4 is 10.1 Å². The number of rotatable bonds is 6. The molecule has 1 amide bonds. The van der Waals surface area contributed by atoms with Crippen LogP contribution in [0.2, 0.25) is 0 Å². The lowest BCUT2D eigenvalue weighted by molar-refractivity contribution is 0.0594. The van der Waals surface area contributed by atoms with Gasteiger partial charge in [0.1, 0.15) is 17.7 Å². The van der Waals surface area contributed by atoms with Crippen molar-refractivity contribution in [2.24, 2.45) is 0 Å². The van der Waals surface area contributed by atoms with E-state index in [4.69, 9.17) is 4.74 Å². The Hall–Kier alpha value is -2.63. The van der Waals surface area contributed by atoms with E-state index in [2.05, 4.69) is 29.1 Å². The van der Waals surface area contributed by atoms with Gasteiger partial charge in [-0.15, -0.1) is 0 Å². The molecule has 1 aliphatic rings. The third-order valence-corrected chi connectivity index (χ3v) is 4.68. The van der Waals surface area contributed by atoms with E-state index in [1.807, 2.05) is 29.2 Å². The van der Waals surface area contributed by atoms with E-state index in [1.165, 1.54) is 0 Å². The van der Waals surface area contributed by atoms with Crippen molar-refractivity contribution in [2.75, 3.05) is 18.4 Å². The number of anilines is 1. The zero-order valence-corrected chi connectivity index (χ0v) is 15.4. The minimum absolute atomic E-state index is 0.0346. The molecule has 0 aliphatic carbocycles. The number of carbonyl (C=O) groups excluding carboxylic acids is 1. The van der Waals surface area contributed by atoms with Gasteiger partial charge in [-0.1, -0.05) is 6.92 Å². The van der Waals surface area contributed by atoms with Crippen molar-refractivity contribution in [2.45, 2.75) is 45.3 Å². The Morgan fingerprint density at radius 3 is 2.73 bits per heavy atom. The third-order valence-electron chi connectivity index (χ3n) is 4.68. The molecule has 2 aromatic heterocycles. The number of ether oxygens (including phenoxy) is 1. The molecule has 3 heterocycles. The number of amides is 1. The van der Waals surface area contributed by atoms with Gasteiger partial charge in [-0.2, -0.15) is 0 Å². The van der Waals surface area contributed by atoms with Crippen LogP contribution in [0.25, 0.3) is 0 Å². The monoisotopic (exact) mass is 354 g/mol. The standard InChI is InChI=1S/C20H26N4O2/c1-3-15(2)23-19-7-6-16(13-22-19)20(25)24-11-8-17(9-12-24)26-18-5-4-10-21-14-18/h4-7,10,13-15,17H,3,8-9,11-12H2,1-2H3,(H,22,23). The Bertz CT molecular complexity index is 698. The average molecular weight is 354 g/mol. The highest BCUT2D eigenvalue weighted by Gasteiger charge is 2.25. The van der Waals surface area contributed by atoms with E-state index < -0.39 is 0 Å². The smallest absolute Gasteiger partial charge is 0.255 e. The maximum Gasteiger partial charge on any atom is 0.255 e. The number of likely N-dealkylation sites (tertiary alicyclic amines) is 1. The predicted molar refractivity (Wildman–Crippen MR) is 101 cm³/mol. The van der Waals surface area contributed by atoms with E-state index in [9.17, 15) is 4.79 Å². The van der Waals surface area contributed by atoms with Crippen LogP contribution in [0.3, 0.4) is 0 Å². The molecule has 3 rings (SSSR count). The van der Waals surface area contributed by atoms with Gasteiger partial charge in [0.15, 0.2) is 0 Å². The largest absolute Gasteiger partial charge is 0.489 e. The lowest BCUT2D eigenvalue weighted by atomic mass is 10.1. The number of piperidine rings is 1. The van der Waals surface area contributed by atoms with Crippen molar-refractivity contribution in [3.63, 3.8) is 0 Å². The normalized spacial score (nSPS) is 16.2. The van der Waals surface area contributed by atoms with Crippen molar-refractivity contribution in [3.05, 3.63) is 48.4 Å². The molecule has 1 atom stereocenters. The summed E-state index contributed by atoms with van der Waals surface area (Å²) < 4.78 is 5.93. The summed E-state index contributed by atoms with van der Waals surface area (Å²) in [5.41, 5.74) is 0.631. The van der Waals surface area contributed by atoms with Gasteiger partial charge < -0.3 is 15.0 Å². The number of carbonyl (C=O) groups is 1. The first-order valence-electron chi connectivity index (χ1n) is 9.24. The molecule has 6 nitrogen and oxygen atoms in total. The lowest BCUT2D eigenvalue weighted by Gasteiger charge is -2.32. The van der Waals surface area contributed by atoms with Gasteiger partial charge in [-0.3, -0.25) is 9.78 Å². The molecular weight excluding hydrogens is 328 g/mol. The van der Waals surface area contributed by atoms with Crippen LogP contribution in [-0.4, -0.2) is 46.0 Å². The van der Waals surface area contributed by atoms with E-state index in [1.54, 1.807) is 18.6 Å². The molecule has 2 aromatic rings. The maximum absolute atomic E-state index is 12.7. The number of nitrogens with one attached hydrogen (secondary N) is 1. The topological polar surface area (TPSA) is 67.4 Å². The molecule has 26 heavy (non-hydrogen) atoms. The number of hydrogen-bond acceptors (Lipinski definition) is 5. The number of pyridine rings is 2. The zero-order valence-electron chi connectivity index (χ0n) is 15.4. The molecule has 0 spiro atoms. The summed E-state index contributed by atoms with van der Waals surface area (Å²) in [7, 11) is 0. The van der Waals surface area contributed by atoms with Gasteiger partial charge in [0.05, 0.1) is 11.8 Å². The second-order valence-corrected chi connectivity index (χ2v) is 6.68. The van der Waals surface area contributed by atoms with Gasteiger partial charge in [0.2, 0.25) is 0 Å². The number of aromatic nitrogens is 2. The first-order chi connectivity index (χ1) is 12.7. The van der Waals surface area contributed by atoms with E-state index in [-0.39, 0.29) is 12.0 Å². The molecule has 1 aliphatic heterocycles. The summed E-state index contributed by atoms with van der Waals surface area (Å²) in [4.78, 5) is 23.0. The second-order valence-electron chi connectivity index (χ2n) is 6.68. The van der Waals surface area contributed by atoms with Gasteiger partial charge in [0, 0.05) is 44.4 Å². The third kappa shape index (κ3) is 4.71. The molecule has 6 heteroatoms. The fourth-order valence-electron chi connectivity index (χ4n) is 2.93. The highest BCUT2D eigenvalue weighted by molar-refractivity contribution is 5.94. The van der Waals surface area contributed by atoms with E-state index >= 15 is 0 Å². The Morgan fingerprint density at radius 2 is 2.12 bits per heavy atom. The molecule has 0 bridgehead atoms. The van der Waals surface area contributed by atoms with Gasteiger partial charge >= 0.3 is 0 Å². The van der Waals surface area contributed by atoms with Crippen LogP contribution >= 0.6 is 0 Å². The Labute approximate surface area is 154 Å². The first kappa shape index (κ1) is 18.2. The Balaban J connectivity index is 1.51. The minimum Gasteiger partial charge on any atom is -0.489 e. The summed E-state index contributed by atoms with van der Waals surface area (Å²) in [6, 6.07) is 7.85. The quantitative estimate of drug-likeness (QED) is 0.861. The molecule has 0 aromatic carbocycles. The average Bonchev–Trinajstić information content (AvgIpc) is 2.69. The molecule has 1 saturated heterocycles. The summed E-state index contributed by atoms with van der Waals surface area (Å²) >= 11 is 0. The van der Waals surface area contributed by atoms with E-state index in [0.29, 0.717) is 24.7 Å². The molecule has 1 unspecified atom stereocenters. The molecule has 0 saturated carbocycles. The van der Waals surface area contributed by atoms with Crippen LogP contribution in [-0.2, 0) is 0 Å². The fourth-order valence-corrected chi connectivity index (χ4v) is 2.93. The van der Waals surface area contributed by atoms with E-state index in [0.717, 1.165) is 30.8 Å². The van der Waals surface area contributed by atoms with Crippen LogP contribution in [0, 0.1) is 0 Å². The second kappa shape index (κ2) is 8.65. The zero-order chi connectivity index (χ0) is 18.4. The summed E-state index contributed by atoms with van der Waals surface area (Å²) in [6.07, 6.45) is 7.90. The number of hydrogen-bond donors (Lipinski definition) is 1. The van der Waals surface area contributed by atoms with Gasteiger partial charge in [-0.25, -0.2) is 4.98 Å². The van der Waals surface area contributed by atoms with Crippen molar-refractivity contribution in [1.82, 2.24) is 14.9 Å². The molecular formula is C20H26N4O2. The maximum atomic E-state index is 12.7. The lowest BCUT2D eigenvalue weighted by Crippen LogP contribution is -2.41. The van der Waals surface area contributed by atoms with Crippen LogP contribution in [0.4, 0.5) is 5.82 Å². The molecule has 1 fully saturated rings. The van der Waals surface area contributed by atoms with Crippen molar-refractivity contribution in [3.8, 4) is 5.75 Å². The minimum atomic E-state index is 0.0346. The highest BCUT2D eigenvalue weighted by Crippen LogP contribution is 2.19. The van der Waals surface area contributed by atoms with Gasteiger partial charge in [0.25, 0.3) is 5.91 Å². The molecule has 138 valence electrons.